The molecule has 0 aliphatic rings. The van der Waals surface area contributed by atoms with Crippen LogP contribution in [0.1, 0.15) is 0 Å². The molecule has 0 spiro atoms. The molecule has 0 bridgehead atoms. The second kappa shape index (κ2) is 4.25. The fourth-order valence-electron chi connectivity index (χ4n) is 1.60. The summed E-state index contributed by atoms with van der Waals surface area (Å²) in [5.74, 6) is -0.446. The van der Waals surface area contributed by atoms with Crippen LogP contribution in [-0.2, 0) is 0 Å². The number of halogens is 3. The Kier molecular flexibility index (Phi) is 3.07. The Morgan fingerprint density at radius 1 is 1.41 bits per heavy atom. The largest absolute Gasteiger partial charge is 0.345 e. The Labute approximate surface area is 110 Å². The second-order valence-corrected chi connectivity index (χ2v) is 4.87. The molecule has 0 aliphatic carbocycles. The minimum absolute atomic E-state index is 0. The lowest BCUT2D eigenvalue weighted by molar-refractivity contribution is 0.629. The van der Waals surface area contributed by atoms with Gasteiger partial charge in [0.25, 0.3) is 0 Å². The van der Waals surface area contributed by atoms with Crippen LogP contribution >= 0.6 is 35.3 Å². The van der Waals surface area contributed by atoms with E-state index in [1.807, 2.05) is 0 Å². The molecule has 0 fully saturated rings. The molecule has 0 radical (unpaired) electrons. The van der Waals surface area contributed by atoms with Crippen molar-refractivity contribution in [2.24, 2.45) is 0 Å². The molecular formula is C10H5Cl2FN2OS. The van der Waals surface area contributed by atoms with Crippen molar-refractivity contribution < 1.29 is 4.39 Å². The van der Waals surface area contributed by atoms with Crippen LogP contribution in [-0.4, -0.2) is 9.97 Å². The Morgan fingerprint density at radius 2 is 2.18 bits per heavy atom. The normalized spacial score (nSPS) is 10.7. The summed E-state index contributed by atoms with van der Waals surface area (Å²) in [6, 6.07) is 4.02. The van der Waals surface area contributed by atoms with Gasteiger partial charge in [0.05, 0.1) is 10.9 Å². The highest BCUT2D eigenvalue weighted by Crippen LogP contribution is 2.23. The van der Waals surface area contributed by atoms with E-state index >= 15 is 0 Å². The van der Waals surface area contributed by atoms with Crippen molar-refractivity contribution in [2.75, 3.05) is 0 Å². The van der Waals surface area contributed by atoms with E-state index in [-0.39, 0.29) is 28.7 Å². The predicted octanol–water partition coefficient (Wildman–Crippen LogP) is 3.35. The van der Waals surface area contributed by atoms with Crippen molar-refractivity contribution >= 4 is 56.6 Å². The van der Waals surface area contributed by atoms with Crippen LogP contribution in [0.15, 0.2) is 23.0 Å². The van der Waals surface area contributed by atoms with Gasteiger partial charge in [-0.15, -0.1) is 12.4 Å². The molecule has 0 amide bonds. The smallest absolute Gasteiger partial charge is 0.216 e. The van der Waals surface area contributed by atoms with Crippen LogP contribution in [0.2, 0.25) is 4.47 Å². The highest BCUT2D eigenvalue weighted by Gasteiger charge is 2.10. The number of aromatic nitrogens is 2. The minimum atomic E-state index is -0.446. The van der Waals surface area contributed by atoms with Crippen LogP contribution in [0.25, 0.3) is 21.3 Å². The first kappa shape index (κ1) is 12.3. The Hall–Kier alpha value is -1.17. The number of fused-ring (bicyclic) bond motifs is 2. The van der Waals surface area contributed by atoms with Crippen LogP contribution in [0.4, 0.5) is 4.39 Å². The van der Waals surface area contributed by atoms with E-state index in [1.165, 1.54) is 29.5 Å². The van der Waals surface area contributed by atoms with E-state index in [9.17, 15) is 9.18 Å². The predicted molar refractivity (Wildman–Crippen MR) is 70.0 cm³/mol. The van der Waals surface area contributed by atoms with Crippen molar-refractivity contribution in [3.05, 3.63) is 38.7 Å². The summed E-state index contributed by atoms with van der Waals surface area (Å²) in [7, 11) is 0. The van der Waals surface area contributed by atoms with Crippen LogP contribution in [0.5, 0.6) is 0 Å². The van der Waals surface area contributed by atoms with E-state index in [0.717, 1.165) is 0 Å². The van der Waals surface area contributed by atoms with Gasteiger partial charge in [-0.05, 0) is 18.2 Å². The molecule has 1 aromatic carbocycles. The summed E-state index contributed by atoms with van der Waals surface area (Å²) in [5, 5.41) is 0.287. The van der Waals surface area contributed by atoms with Crippen molar-refractivity contribution in [1.29, 1.82) is 0 Å². The number of pyridine rings is 1. The van der Waals surface area contributed by atoms with E-state index in [4.69, 9.17) is 11.6 Å². The maximum atomic E-state index is 13.0. The Bertz CT molecular complexity index is 768. The highest BCUT2D eigenvalue weighted by atomic mass is 35.5. The molecule has 2 heterocycles. The van der Waals surface area contributed by atoms with E-state index < -0.39 is 5.82 Å². The molecule has 0 saturated heterocycles. The lowest BCUT2D eigenvalue weighted by atomic mass is 10.2. The molecular weight excluding hydrogens is 286 g/mol. The number of nitrogens with one attached hydrogen (secondary N) is 1. The number of aromatic amines is 1. The molecule has 2 aromatic heterocycles. The molecule has 3 rings (SSSR count). The summed E-state index contributed by atoms with van der Waals surface area (Å²) in [6.45, 7) is 0. The van der Waals surface area contributed by atoms with Gasteiger partial charge in [0.1, 0.15) is 16.2 Å². The molecule has 0 atom stereocenters. The molecule has 3 nitrogen and oxygen atoms in total. The highest BCUT2D eigenvalue weighted by molar-refractivity contribution is 7.21. The quantitative estimate of drug-likeness (QED) is 0.690. The molecule has 7 heteroatoms. The van der Waals surface area contributed by atoms with Crippen molar-refractivity contribution in [3.63, 3.8) is 0 Å². The van der Waals surface area contributed by atoms with Gasteiger partial charge in [-0.25, -0.2) is 9.37 Å². The molecule has 1 N–H and O–H groups in total. The van der Waals surface area contributed by atoms with E-state index in [1.54, 1.807) is 0 Å². The summed E-state index contributed by atoms with van der Waals surface area (Å²) < 4.78 is 13.3. The lowest BCUT2D eigenvalue weighted by Gasteiger charge is -1.97. The number of nitrogens with zero attached hydrogens (tertiary/aromatic N) is 1. The monoisotopic (exact) mass is 290 g/mol. The fraction of sp³-hybridized carbons (Fsp3) is 0. The van der Waals surface area contributed by atoms with E-state index in [2.05, 4.69) is 9.97 Å². The summed E-state index contributed by atoms with van der Waals surface area (Å²) in [5.41, 5.74) is 0.540. The maximum absolute atomic E-state index is 13.0. The third kappa shape index (κ3) is 1.90. The maximum Gasteiger partial charge on any atom is 0.216 e. The van der Waals surface area contributed by atoms with Gasteiger partial charge in [0.2, 0.25) is 5.43 Å². The molecule has 88 valence electrons. The van der Waals surface area contributed by atoms with Crippen LogP contribution in [0, 0.1) is 5.82 Å². The number of hydrogen-bond acceptors (Lipinski definition) is 3. The number of H-pyrrole nitrogens is 1. The van der Waals surface area contributed by atoms with Crippen molar-refractivity contribution in [2.45, 2.75) is 0 Å². The van der Waals surface area contributed by atoms with E-state index in [0.29, 0.717) is 14.8 Å². The molecule has 17 heavy (non-hydrogen) atoms. The Morgan fingerprint density at radius 3 is 2.94 bits per heavy atom. The van der Waals surface area contributed by atoms with Gasteiger partial charge in [-0.1, -0.05) is 22.9 Å². The van der Waals surface area contributed by atoms with Crippen molar-refractivity contribution in [3.8, 4) is 0 Å². The first-order chi connectivity index (χ1) is 7.65. The standard InChI is InChI=1S/C10H4ClFN2OS.ClH/c11-10-14-7-8(15)5-3-4(12)1-2-6(5)13-9(7)16-10;/h1-3H,(H,13,15);1H. The number of hydrogen-bond donors (Lipinski definition) is 1. The lowest BCUT2D eigenvalue weighted by Crippen LogP contribution is -2.03. The summed E-state index contributed by atoms with van der Waals surface area (Å²) in [6.07, 6.45) is 0. The topological polar surface area (TPSA) is 45.8 Å². The van der Waals surface area contributed by atoms with Gasteiger partial charge in [-0.2, -0.15) is 0 Å². The Balaban J connectivity index is 0.00000108. The molecule has 0 aliphatic heterocycles. The van der Waals surface area contributed by atoms with Crippen LogP contribution in [0.3, 0.4) is 0 Å². The minimum Gasteiger partial charge on any atom is -0.345 e. The zero-order valence-electron chi connectivity index (χ0n) is 8.16. The zero-order valence-corrected chi connectivity index (χ0v) is 10.5. The fourth-order valence-corrected chi connectivity index (χ4v) is 2.61. The third-order valence-corrected chi connectivity index (χ3v) is 3.37. The molecule has 3 aromatic rings. The zero-order chi connectivity index (χ0) is 11.3. The van der Waals surface area contributed by atoms with Gasteiger partial charge in [0, 0.05) is 0 Å². The van der Waals surface area contributed by atoms with Crippen LogP contribution < -0.4 is 5.43 Å². The van der Waals surface area contributed by atoms with Gasteiger partial charge in [-0.3, -0.25) is 4.79 Å². The number of thiazole rings is 1. The average Bonchev–Trinajstić information content (AvgIpc) is 2.61. The van der Waals surface area contributed by atoms with Gasteiger partial charge >= 0.3 is 0 Å². The number of benzene rings is 1. The first-order valence-electron chi connectivity index (χ1n) is 4.43. The molecule has 0 saturated carbocycles. The number of rotatable bonds is 0. The second-order valence-electron chi connectivity index (χ2n) is 3.29. The third-order valence-electron chi connectivity index (χ3n) is 2.29. The summed E-state index contributed by atoms with van der Waals surface area (Å²) in [4.78, 5) is 19.5. The van der Waals surface area contributed by atoms with Crippen molar-refractivity contribution in [1.82, 2.24) is 9.97 Å². The first-order valence-corrected chi connectivity index (χ1v) is 5.62. The SMILES string of the molecule is Cl.O=c1c2cc(F)ccc2[nH]c2sc(Cl)nc12. The van der Waals surface area contributed by atoms with Gasteiger partial charge < -0.3 is 4.98 Å². The summed E-state index contributed by atoms with van der Waals surface area (Å²) >= 11 is 6.92. The average molecular weight is 291 g/mol. The van der Waals surface area contributed by atoms with Gasteiger partial charge in [0.15, 0.2) is 4.47 Å². The molecule has 0 unspecified atom stereocenters.